The molecule has 0 spiro atoms. The standard InChI is InChI=1S/C26H18N2O5/c29-25(19-11-13-23-24(14-19)32-16-31-23)28-27-15-21-20-9-5-4-6-17(20)10-12-22(21)33-26(30)18-7-2-1-3-8-18/h1-15H,16H2,(H,28,29)/b27-15+. The molecule has 0 radical (unpaired) electrons. The van der Waals surface area contributed by atoms with E-state index in [2.05, 4.69) is 10.5 Å². The zero-order chi connectivity index (χ0) is 22.6. The molecule has 0 saturated carbocycles. The third-order valence-corrected chi connectivity index (χ3v) is 5.14. The first-order valence-corrected chi connectivity index (χ1v) is 10.2. The summed E-state index contributed by atoms with van der Waals surface area (Å²) >= 11 is 0. The summed E-state index contributed by atoms with van der Waals surface area (Å²) in [6.07, 6.45) is 1.47. The summed E-state index contributed by atoms with van der Waals surface area (Å²) in [5.41, 5.74) is 3.90. The Morgan fingerprint density at radius 3 is 2.52 bits per heavy atom. The number of esters is 1. The van der Waals surface area contributed by atoms with Gasteiger partial charge in [-0.25, -0.2) is 10.2 Å². The van der Waals surface area contributed by atoms with Crippen LogP contribution in [0.5, 0.6) is 17.2 Å². The largest absolute Gasteiger partial charge is 0.454 e. The van der Waals surface area contributed by atoms with Crippen LogP contribution >= 0.6 is 0 Å². The molecule has 4 aromatic carbocycles. The van der Waals surface area contributed by atoms with Gasteiger partial charge in [-0.1, -0.05) is 48.5 Å². The molecule has 1 amide bonds. The van der Waals surface area contributed by atoms with Crippen molar-refractivity contribution in [3.05, 3.63) is 102 Å². The lowest BCUT2D eigenvalue weighted by molar-refractivity contribution is 0.0734. The normalized spacial score (nSPS) is 12.1. The van der Waals surface area contributed by atoms with E-state index < -0.39 is 11.9 Å². The summed E-state index contributed by atoms with van der Waals surface area (Å²) in [5, 5.41) is 5.89. The van der Waals surface area contributed by atoms with Crippen LogP contribution in [0.15, 0.2) is 90.0 Å². The van der Waals surface area contributed by atoms with Crippen LogP contribution in [0.2, 0.25) is 0 Å². The van der Waals surface area contributed by atoms with Crippen molar-refractivity contribution in [3.8, 4) is 17.2 Å². The van der Waals surface area contributed by atoms with Gasteiger partial charge in [0.05, 0.1) is 11.8 Å². The average Bonchev–Trinajstić information content (AvgIpc) is 3.33. The Bertz CT molecular complexity index is 1380. The summed E-state index contributed by atoms with van der Waals surface area (Å²) in [6.45, 7) is 0.129. The topological polar surface area (TPSA) is 86.2 Å². The molecule has 0 aromatic heterocycles. The summed E-state index contributed by atoms with van der Waals surface area (Å²) in [4.78, 5) is 25.1. The van der Waals surface area contributed by atoms with Gasteiger partial charge in [0.1, 0.15) is 5.75 Å². The highest BCUT2D eigenvalue weighted by atomic mass is 16.7. The van der Waals surface area contributed by atoms with Crippen molar-refractivity contribution < 1.29 is 23.8 Å². The van der Waals surface area contributed by atoms with E-state index in [4.69, 9.17) is 14.2 Å². The van der Waals surface area contributed by atoms with Crippen LogP contribution in [-0.2, 0) is 0 Å². The summed E-state index contributed by atoms with van der Waals surface area (Å²) in [5.74, 6) is 0.549. The Hall–Kier alpha value is -4.65. The Morgan fingerprint density at radius 2 is 1.64 bits per heavy atom. The number of benzene rings is 4. The Labute approximate surface area is 189 Å². The molecule has 0 bridgehead atoms. The zero-order valence-corrected chi connectivity index (χ0v) is 17.4. The van der Waals surface area contributed by atoms with Gasteiger partial charge in [-0.3, -0.25) is 4.79 Å². The molecule has 33 heavy (non-hydrogen) atoms. The third kappa shape index (κ3) is 4.24. The Kier molecular flexibility index (Phi) is 5.43. The predicted molar refractivity (Wildman–Crippen MR) is 123 cm³/mol. The van der Waals surface area contributed by atoms with Gasteiger partial charge >= 0.3 is 5.97 Å². The number of fused-ring (bicyclic) bond motifs is 2. The number of carbonyl (C=O) groups excluding carboxylic acids is 2. The fourth-order valence-electron chi connectivity index (χ4n) is 3.49. The molecule has 162 valence electrons. The number of hydrogen-bond donors (Lipinski definition) is 1. The van der Waals surface area contributed by atoms with E-state index in [1.54, 1.807) is 48.5 Å². The van der Waals surface area contributed by atoms with Gasteiger partial charge < -0.3 is 14.2 Å². The van der Waals surface area contributed by atoms with Crippen LogP contribution in [0.4, 0.5) is 0 Å². The van der Waals surface area contributed by atoms with Crippen LogP contribution in [0.25, 0.3) is 10.8 Å². The summed E-state index contributed by atoms with van der Waals surface area (Å²) in [6, 6.07) is 24.9. The third-order valence-electron chi connectivity index (χ3n) is 5.14. The van der Waals surface area contributed by atoms with Crippen molar-refractivity contribution in [1.82, 2.24) is 5.43 Å². The number of hydrazone groups is 1. The summed E-state index contributed by atoms with van der Waals surface area (Å²) < 4.78 is 16.2. The minimum absolute atomic E-state index is 0.129. The lowest BCUT2D eigenvalue weighted by atomic mass is 10.0. The second kappa shape index (κ2) is 8.84. The zero-order valence-electron chi connectivity index (χ0n) is 17.4. The van der Waals surface area contributed by atoms with E-state index in [-0.39, 0.29) is 6.79 Å². The van der Waals surface area contributed by atoms with Crippen LogP contribution in [0, 0.1) is 0 Å². The minimum atomic E-state index is -0.482. The van der Waals surface area contributed by atoms with Crippen molar-refractivity contribution >= 4 is 28.9 Å². The smallest absolute Gasteiger partial charge is 0.343 e. The van der Waals surface area contributed by atoms with Crippen molar-refractivity contribution in [2.24, 2.45) is 5.10 Å². The van der Waals surface area contributed by atoms with E-state index in [9.17, 15) is 9.59 Å². The first-order valence-electron chi connectivity index (χ1n) is 10.2. The fraction of sp³-hybridized carbons (Fsp3) is 0.0385. The van der Waals surface area contributed by atoms with Crippen molar-refractivity contribution in [1.29, 1.82) is 0 Å². The predicted octanol–water partition coefficient (Wildman–Crippen LogP) is 4.55. The van der Waals surface area contributed by atoms with Crippen LogP contribution in [0.3, 0.4) is 0 Å². The number of nitrogens with zero attached hydrogens (tertiary/aromatic N) is 1. The van der Waals surface area contributed by atoms with E-state index in [1.165, 1.54) is 6.21 Å². The molecule has 0 saturated heterocycles. The Balaban J connectivity index is 1.41. The van der Waals surface area contributed by atoms with Crippen LogP contribution in [-0.4, -0.2) is 24.9 Å². The number of carbonyl (C=O) groups is 2. The molecule has 0 atom stereocenters. The number of rotatable bonds is 5. The second-order valence-electron chi connectivity index (χ2n) is 7.22. The molecule has 1 aliphatic heterocycles. The highest BCUT2D eigenvalue weighted by Crippen LogP contribution is 2.32. The number of nitrogens with one attached hydrogen (secondary N) is 1. The molecular formula is C26H18N2O5. The first kappa shape index (κ1) is 20.3. The lowest BCUT2D eigenvalue weighted by Crippen LogP contribution is -2.17. The molecule has 1 heterocycles. The molecule has 7 heteroatoms. The fourth-order valence-corrected chi connectivity index (χ4v) is 3.49. The van der Waals surface area contributed by atoms with Gasteiger partial charge in [0.15, 0.2) is 11.5 Å². The molecular weight excluding hydrogens is 420 g/mol. The van der Waals surface area contributed by atoms with Crippen molar-refractivity contribution in [3.63, 3.8) is 0 Å². The van der Waals surface area contributed by atoms with Gasteiger partial charge in [0, 0.05) is 11.1 Å². The van der Waals surface area contributed by atoms with Crippen molar-refractivity contribution in [2.45, 2.75) is 0 Å². The quantitative estimate of drug-likeness (QED) is 0.214. The second-order valence-corrected chi connectivity index (χ2v) is 7.22. The average molecular weight is 438 g/mol. The summed E-state index contributed by atoms with van der Waals surface area (Å²) in [7, 11) is 0. The molecule has 1 N–H and O–H groups in total. The number of hydrogen-bond acceptors (Lipinski definition) is 6. The molecule has 0 aliphatic carbocycles. The number of amides is 1. The monoisotopic (exact) mass is 438 g/mol. The molecule has 4 aromatic rings. The minimum Gasteiger partial charge on any atom is -0.454 e. The lowest BCUT2D eigenvalue weighted by Gasteiger charge is -2.10. The van der Waals surface area contributed by atoms with E-state index >= 15 is 0 Å². The van der Waals surface area contributed by atoms with Crippen LogP contribution in [0.1, 0.15) is 26.3 Å². The molecule has 0 fully saturated rings. The van der Waals surface area contributed by atoms with E-state index in [0.29, 0.717) is 33.9 Å². The molecule has 7 nitrogen and oxygen atoms in total. The first-order chi connectivity index (χ1) is 16.2. The van der Waals surface area contributed by atoms with Gasteiger partial charge in [-0.15, -0.1) is 0 Å². The van der Waals surface area contributed by atoms with E-state index in [1.807, 2.05) is 36.4 Å². The Morgan fingerprint density at radius 1 is 0.848 bits per heavy atom. The maximum absolute atomic E-state index is 12.6. The van der Waals surface area contributed by atoms with E-state index in [0.717, 1.165) is 10.8 Å². The maximum atomic E-state index is 12.6. The van der Waals surface area contributed by atoms with Gasteiger partial charge in [-0.2, -0.15) is 5.10 Å². The molecule has 5 rings (SSSR count). The highest BCUT2D eigenvalue weighted by molar-refractivity contribution is 6.04. The number of ether oxygens (including phenoxy) is 3. The van der Waals surface area contributed by atoms with Gasteiger partial charge in [0.25, 0.3) is 5.91 Å². The van der Waals surface area contributed by atoms with Gasteiger partial charge in [-0.05, 0) is 47.2 Å². The SMILES string of the molecule is O=C(N/N=C/c1c(OC(=O)c2ccccc2)ccc2ccccc12)c1ccc2c(c1)OCO2. The maximum Gasteiger partial charge on any atom is 0.343 e. The molecule has 0 unspecified atom stereocenters. The van der Waals surface area contributed by atoms with Crippen molar-refractivity contribution in [2.75, 3.05) is 6.79 Å². The molecule has 1 aliphatic rings. The van der Waals surface area contributed by atoms with Crippen LogP contribution < -0.4 is 19.6 Å². The highest BCUT2D eigenvalue weighted by Gasteiger charge is 2.16. The van der Waals surface area contributed by atoms with Gasteiger partial charge in [0.2, 0.25) is 6.79 Å².